The molecule has 0 radical (unpaired) electrons. The number of carbonyl (C=O) groups is 2. The molecule has 2 aliphatic rings. The smallest absolute Gasteiger partial charge is 0.337 e. The van der Waals surface area contributed by atoms with E-state index in [1.165, 1.54) is 5.56 Å². The first-order valence-corrected chi connectivity index (χ1v) is 8.33. The van der Waals surface area contributed by atoms with Crippen LogP contribution in [0.25, 0.3) is 0 Å². The second kappa shape index (κ2) is 6.55. The lowest BCUT2D eigenvalue weighted by Gasteiger charge is -2.31. The Morgan fingerprint density at radius 2 is 2.08 bits per heavy atom. The van der Waals surface area contributed by atoms with Crippen LogP contribution in [0.3, 0.4) is 0 Å². The zero-order valence-electron chi connectivity index (χ0n) is 14.3. The van der Waals surface area contributed by atoms with Crippen molar-refractivity contribution < 1.29 is 14.3 Å². The number of urea groups is 1. The van der Waals surface area contributed by atoms with Gasteiger partial charge in [0.1, 0.15) is 0 Å². The first-order valence-electron chi connectivity index (χ1n) is 8.33. The van der Waals surface area contributed by atoms with Crippen molar-refractivity contribution in [3.05, 3.63) is 41.1 Å². The molecule has 0 bridgehead atoms. The summed E-state index contributed by atoms with van der Waals surface area (Å²) in [7, 11) is 0. The summed E-state index contributed by atoms with van der Waals surface area (Å²) in [4.78, 5) is 26.4. The number of rotatable bonds is 4. The van der Waals surface area contributed by atoms with Crippen LogP contribution < -0.4 is 15.5 Å². The highest BCUT2D eigenvalue weighted by Gasteiger charge is 2.33. The minimum atomic E-state index is -0.382. The highest BCUT2D eigenvalue weighted by molar-refractivity contribution is 5.95. The maximum absolute atomic E-state index is 12.3. The summed E-state index contributed by atoms with van der Waals surface area (Å²) in [6.07, 6.45) is 0.958. The topological polar surface area (TPSA) is 70.7 Å². The number of carbonyl (C=O) groups excluding carboxylic acids is 2. The van der Waals surface area contributed by atoms with E-state index < -0.39 is 0 Å². The quantitative estimate of drug-likeness (QED) is 0.829. The Labute approximate surface area is 141 Å². The highest BCUT2D eigenvalue weighted by Crippen LogP contribution is 2.32. The summed E-state index contributed by atoms with van der Waals surface area (Å²) in [5.41, 5.74) is 3.55. The molecule has 0 saturated heterocycles. The molecule has 3 rings (SSSR count). The van der Waals surface area contributed by atoms with Crippen LogP contribution in [0.4, 0.5) is 10.5 Å². The molecule has 0 fully saturated rings. The minimum absolute atomic E-state index is 0.286. The van der Waals surface area contributed by atoms with Gasteiger partial charge >= 0.3 is 12.0 Å². The van der Waals surface area contributed by atoms with Crippen LogP contribution in [0.5, 0.6) is 0 Å². The fraction of sp³-hybridized carbons (Fsp3) is 0.444. The Bertz CT molecular complexity index is 699. The Morgan fingerprint density at radius 3 is 2.83 bits per heavy atom. The van der Waals surface area contributed by atoms with E-state index in [4.69, 9.17) is 4.74 Å². The molecule has 0 aromatic heterocycles. The molecule has 2 atom stereocenters. The average molecular weight is 329 g/mol. The van der Waals surface area contributed by atoms with Gasteiger partial charge in [-0.25, -0.2) is 9.59 Å². The maximum atomic E-state index is 12.3. The van der Waals surface area contributed by atoms with E-state index in [-0.39, 0.29) is 18.0 Å². The maximum Gasteiger partial charge on any atom is 0.337 e. The summed E-state index contributed by atoms with van der Waals surface area (Å²) in [5, 5.41) is 5.53. The number of hydrogen-bond donors (Lipinski definition) is 2. The van der Waals surface area contributed by atoms with Crippen molar-refractivity contribution in [3.63, 3.8) is 0 Å². The number of benzene rings is 1. The van der Waals surface area contributed by atoms with Gasteiger partial charge in [0.15, 0.2) is 0 Å². The minimum Gasteiger partial charge on any atom is -0.463 e. The molecule has 24 heavy (non-hydrogen) atoms. The van der Waals surface area contributed by atoms with Crippen molar-refractivity contribution in [2.24, 2.45) is 0 Å². The van der Waals surface area contributed by atoms with Gasteiger partial charge in [0.25, 0.3) is 0 Å². The number of ether oxygens (including phenoxy) is 1. The number of hydrogen-bond acceptors (Lipinski definition) is 4. The lowest BCUT2D eigenvalue weighted by molar-refractivity contribution is -0.139. The first-order chi connectivity index (χ1) is 11.5. The van der Waals surface area contributed by atoms with E-state index in [1.807, 2.05) is 12.1 Å². The molecule has 0 spiro atoms. The van der Waals surface area contributed by atoms with Crippen molar-refractivity contribution in [1.82, 2.24) is 10.6 Å². The first kappa shape index (κ1) is 16.4. The fourth-order valence-corrected chi connectivity index (χ4v) is 3.45. The fourth-order valence-electron chi connectivity index (χ4n) is 3.45. The van der Waals surface area contributed by atoms with Crippen molar-refractivity contribution in [3.8, 4) is 0 Å². The van der Waals surface area contributed by atoms with Gasteiger partial charge in [-0.2, -0.15) is 0 Å². The number of fused-ring (bicyclic) bond motifs is 1. The summed E-state index contributed by atoms with van der Waals surface area (Å²) in [6.45, 7) is 6.50. The molecular formula is C18H23N3O3. The van der Waals surface area contributed by atoms with E-state index in [9.17, 15) is 9.59 Å². The number of anilines is 1. The van der Waals surface area contributed by atoms with E-state index in [2.05, 4.69) is 34.6 Å². The Hall–Kier alpha value is -2.50. The van der Waals surface area contributed by atoms with E-state index >= 15 is 0 Å². The lowest BCUT2D eigenvalue weighted by Crippen LogP contribution is -2.51. The molecule has 2 amide bonds. The van der Waals surface area contributed by atoms with Crippen molar-refractivity contribution >= 4 is 17.7 Å². The van der Waals surface area contributed by atoms with Crippen molar-refractivity contribution in [2.45, 2.75) is 39.3 Å². The van der Waals surface area contributed by atoms with Gasteiger partial charge in [-0.1, -0.05) is 18.2 Å². The number of nitrogens with zero attached hydrogens (tertiary/aromatic N) is 1. The average Bonchev–Trinajstić information content (AvgIpc) is 2.83. The zero-order chi connectivity index (χ0) is 17.3. The molecule has 0 aliphatic carbocycles. The number of nitrogens with one attached hydrogen (secondary N) is 2. The summed E-state index contributed by atoms with van der Waals surface area (Å²) in [5.74, 6) is -0.382. The van der Waals surface area contributed by atoms with Gasteiger partial charge in [0, 0.05) is 11.7 Å². The van der Waals surface area contributed by atoms with Gasteiger partial charge in [-0.15, -0.1) is 0 Å². The van der Waals surface area contributed by atoms with Crippen LogP contribution in [-0.2, 0) is 16.0 Å². The van der Waals surface area contributed by atoms with Crippen LogP contribution >= 0.6 is 0 Å². The van der Waals surface area contributed by atoms with Crippen LogP contribution in [-0.4, -0.2) is 37.2 Å². The SMILES string of the molecule is CCOC(=O)C1=C(CN2c3ccccc3CC2C)NC(=O)NC1C. The summed E-state index contributed by atoms with van der Waals surface area (Å²) < 4.78 is 5.17. The summed E-state index contributed by atoms with van der Waals surface area (Å²) in [6, 6.07) is 7.89. The summed E-state index contributed by atoms with van der Waals surface area (Å²) >= 11 is 0. The Kier molecular flexibility index (Phi) is 4.46. The number of para-hydroxylation sites is 1. The van der Waals surface area contributed by atoms with Crippen molar-refractivity contribution in [1.29, 1.82) is 0 Å². The second-order valence-electron chi connectivity index (χ2n) is 6.24. The third-order valence-corrected chi connectivity index (χ3v) is 4.54. The molecule has 2 aliphatic heterocycles. The van der Waals surface area contributed by atoms with E-state index in [0.29, 0.717) is 30.5 Å². The Morgan fingerprint density at radius 1 is 1.33 bits per heavy atom. The third-order valence-electron chi connectivity index (χ3n) is 4.54. The van der Waals surface area contributed by atoms with Gasteiger partial charge < -0.3 is 20.3 Å². The second-order valence-corrected chi connectivity index (χ2v) is 6.24. The van der Waals surface area contributed by atoms with E-state index in [1.54, 1.807) is 13.8 Å². The lowest BCUT2D eigenvalue weighted by atomic mass is 10.0. The zero-order valence-corrected chi connectivity index (χ0v) is 14.3. The van der Waals surface area contributed by atoms with Crippen LogP contribution in [0.1, 0.15) is 26.3 Å². The van der Waals surface area contributed by atoms with Gasteiger partial charge in [-0.3, -0.25) is 0 Å². The number of amides is 2. The molecule has 0 saturated carbocycles. The number of esters is 1. The normalized spacial score (nSPS) is 22.8. The molecule has 1 aromatic carbocycles. The van der Waals surface area contributed by atoms with Crippen LogP contribution in [0.2, 0.25) is 0 Å². The molecule has 2 heterocycles. The third kappa shape index (κ3) is 2.96. The van der Waals surface area contributed by atoms with Crippen LogP contribution in [0.15, 0.2) is 35.5 Å². The Balaban J connectivity index is 1.94. The van der Waals surface area contributed by atoms with Crippen LogP contribution in [0, 0.1) is 0 Å². The largest absolute Gasteiger partial charge is 0.463 e. The molecular weight excluding hydrogens is 306 g/mol. The van der Waals surface area contributed by atoms with E-state index in [0.717, 1.165) is 12.1 Å². The molecule has 2 N–H and O–H groups in total. The highest BCUT2D eigenvalue weighted by atomic mass is 16.5. The standard InChI is InChI=1S/C18H23N3O3/c1-4-24-17(22)16-12(3)19-18(23)20-14(16)10-21-11(2)9-13-7-5-6-8-15(13)21/h5-8,11-12H,4,9-10H2,1-3H3,(H2,19,20,23). The predicted molar refractivity (Wildman–Crippen MR) is 91.7 cm³/mol. The molecule has 6 nitrogen and oxygen atoms in total. The van der Waals surface area contributed by atoms with Gasteiger partial charge in [-0.05, 0) is 38.8 Å². The monoisotopic (exact) mass is 329 g/mol. The molecule has 1 aromatic rings. The van der Waals surface area contributed by atoms with Gasteiger partial charge in [0.05, 0.1) is 30.5 Å². The van der Waals surface area contributed by atoms with Gasteiger partial charge in [0.2, 0.25) is 0 Å². The molecule has 128 valence electrons. The predicted octanol–water partition coefficient (Wildman–Crippen LogP) is 1.96. The van der Waals surface area contributed by atoms with Crippen molar-refractivity contribution in [2.75, 3.05) is 18.1 Å². The molecule has 2 unspecified atom stereocenters. The molecule has 6 heteroatoms.